The highest BCUT2D eigenvalue weighted by atomic mass is 31.1. The number of para-hydroxylation sites is 1. The summed E-state index contributed by atoms with van der Waals surface area (Å²) in [6.07, 6.45) is 0. The van der Waals surface area contributed by atoms with E-state index < -0.39 is 0 Å². The van der Waals surface area contributed by atoms with Gasteiger partial charge in [-0.1, -0.05) is 18.2 Å². The van der Waals surface area contributed by atoms with Crippen LogP contribution in [0.2, 0.25) is 0 Å². The van der Waals surface area contributed by atoms with Gasteiger partial charge in [0, 0.05) is 17.0 Å². The minimum atomic E-state index is 0.401. The van der Waals surface area contributed by atoms with Crippen molar-refractivity contribution in [2.45, 2.75) is 0 Å². The molecule has 1 aromatic heterocycles. The topological polar surface area (TPSA) is 74.4 Å². The number of benzene rings is 1. The first-order valence-electron chi connectivity index (χ1n) is 4.64. The summed E-state index contributed by atoms with van der Waals surface area (Å²) in [7, 11) is 2.64. The van der Waals surface area contributed by atoms with Crippen LogP contribution in [0.4, 0.5) is 0 Å². The summed E-state index contributed by atoms with van der Waals surface area (Å²) >= 11 is 0. The van der Waals surface area contributed by atoms with E-state index in [-0.39, 0.29) is 0 Å². The summed E-state index contributed by atoms with van der Waals surface area (Å²) in [6.45, 7) is 0. The molecule has 2 aromatic rings. The summed E-state index contributed by atoms with van der Waals surface area (Å²) in [5.41, 5.74) is 0. The van der Waals surface area contributed by atoms with Crippen LogP contribution in [-0.2, 0) is 0 Å². The molecule has 0 aliphatic carbocycles. The number of aromatic amines is 3. The van der Waals surface area contributed by atoms with Crippen LogP contribution in [0, 0.1) is 0 Å². The summed E-state index contributed by atoms with van der Waals surface area (Å²) in [6, 6.07) is 9.78. The van der Waals surface area contributed by atoms with Crippen LogP contribution in [0.25, 0.3) is 0 Å². The average molecular weight is 325 g/mol. The SMILES string of the molecule is c1ccc(On2[pH][nH][pH]np[nH][pH][nH][pH]2)cc1. The van der Waals surface area contributed by atoms with Crippen LogP contribution in [0.5, 0.6) is 5.75 Å². The quantitative estimate of drug-likeness (QED) is 0.786. The van der Waals surface area contributed by atoms with Gasteiger partial charge >= 0.3 is 0 Å². The van der Waals surface area contributed by atoms with Crippen LogP contribution in [0.1, 0.15) is 0 Å². The van der Waals surface area contributed by atoms with Crippen molar-refractivity contribution >= 4 is 42.5 Å². The second-order valence-corrected chi connectivity index (χ2v) is 8.80. The highest BCUT2D eigenvalue weighted by Gasteiger charge is 1.89. The van der Waals surface area contributed by atoms with Gasteiger partial charge in [-0.15, -0.1) is 4.26 Å². The maximum Gasteiger partial charge on any atom is 0.156 e. The molecule has 0 radical (unpaired) electrons. The maximum atomic E-state index is 5.76. The Morgan fingerprint density at radius 1 is 1.18 bits per heavy atom. The molecule has 0 spiro atoms. The molecule has 6 nitrogen and oxygen atoms in total. The molecule has 1 heterocycles. The normalized spacial score (nSPS) is 11.5. The van der Waals surface area contributed by atoms with Crippen molar-refractivity contribution in [1.82, 2.24) is 22.3 Å². The maximum absolute atomic E-state index is 5.76. The summed E-state index contributed by atoms with van der Waals surface area (Å²) in [5, 5.41) is 0. The van der Waals surface area contributed by atoms with Crippen molar-refractivity contribution in [1.29, 1.82) is 0 Å². The number of nitrogens with one attached hydrogen (secondary N) is 3. The van der Waals surface area contributed by atoms with Gasteiger partial charge in [0.2, 0.25) is 0 Å². The van der Waals surface area contributed by atoms with E-state index >= 15 is 0 Å². The third-order valence-corrected chi connectivity index (χ3v) is 6.33. The van der Waals surface area contributed by atoms with Crippen LogP contribution < -0.4 is 4.84 Å². The molecule has 0 saturated carbocycles. The number of H-pyrrole nitrogens is 3. The first-order valence-corrected chi connectivity index (χ1v) is 9.33. The first kappa shape index (κ1) is 13.0. The molecule has 0 aliphatic rings. The lowest BCUT2D eigenvalue weighted by Crippen LogP contribution is -1.95. The number of nitrogens with zero attached hydrogens (tertiary/aromatic N) is 2. The van der Waals surface area contributed by atoms with Gasteiger partial charge in [-0.2, -0.15) is 4.51 Å². The Balaban J connectivity index is 2.27. The van der Waals surface area contributed by atoms with E-state index in [0.717, 1.165) is 14.3 Å². The van der Waals surface area contributed by atoms with Gasteiger partial charge in [0.05, 0.1) is 17.0 Å². The number of hydrogen-bond acceptors (Lipinski definition) is 2. The predicted molar refractivity (Wildman–Crippen MR) is 81.1 cm³/mol. The van der Waals surface area contributed by atoms with Crippen molar-refractivity contribution < 1.29 is 4.84 Å². The second-order valence-electron chi connectivity index (χ2n) is 2.72. The van der Waals surface area contributed by atoms with Gasteiger partial charge in [-0.25, -0.2) is 0 Å². The standard InChI is InChI=1S/C6H12N5OP5/c1-2-4-6(5-3-1)12-11-16-9-14-7-13-8-15-10-17-11/h1-5,9-10,14-17H,(H,7,8). The molecule has 92 valence electrons. The van der Waals surface area contributed by atoms with E-state index in [1.54, 1.807) is 0 Å². The number of rotatable bonds is 2. The molecule has 0 amide bonds. The van der Waals surface area contributed by atoms with Gasteiger partial charge in [-0.3, -0.25) is 0 Å². The first-order chi connectivity index (χ1) is 8.45. The van der Waals surface area contributed by atoms with Crippen molar-refractivity contribution in [3.63, 3.8) is 0 Å². The van der Waals surface area contributed by atoms with Crippen LogP contribution in [-0.4, -0.2) is 22.3 Å². The molecule has 0 aliphatic heterocycles. The highest BCUT2D eigenvalue weighted by Crippen LogP contribution is 2.15. The van der Waals surface area contributed by atoms with E-state index in [0.29, 0.717) is 34.0 Å². The molecule has 1 aromatic carbocycles. The van der Waals surface area contributed by atoms with E-state index in [1.165, 1.54) is 0 Å². The monoisotopic (exact) mass is 325 g/mol. The van der Waals surface area contributed by atoms with E-state index in [2.05, 4.69) is 18.0 Å². The molecule has 0 saturated heterocycles. The van der Waals surface area contributed by atoms with E-state index in [4.69, 9.17) is 4.84 Å². The second kappa shape index (κ2) is 7.77. The summed E-state index contributed by atoms with van der Waals surface area (Å²) in [5.74, 6) is 0.850. The van der Waals surface area contributed by atoms with Crippen molar-refractivity contribution in [2.24, 2.45) is 0 Å². The average Bonchev–Trinajstić information content (AvgIpc) is 2.38. The Hall–Kier alpha value is -0.480. The Labute approximate surface area is 106 Å². The van der Waals surface area contributed by atoms with Crippen molar-refractivity contribution in [2.75, 3.05) is 0 Å². The van der Waals surface area contributed by atoms with E-state index in [1.807, 2.05) is 34.6 Å². The third-order valence-electron chi connectivity index (χ3n) is 1.58. The zero-order chi connectivity index (χ0) is 11.8. The molecule has 11 heteroatoms. The van der Waals surface area contributed by atoms with Crippen LogP contribution in [0.15, 0.2) is 30.3 Å². The lowest BCUT2D eigenvalue weighted by Gasteiger charge is -2.05. The largest absolute Gasteiger partial charge is 0.367 e. The minimum absolute atomic E-state index is 0.401. The zero-order valence-corrected chi connectivity index (χ0v) is 13.5. The third kappa shape index (κ3) is 5.13. The lowest BCUT2D eigenvalue weighted by molar-refractivity contribution is 0.277. The fourth-order valence-corrected chi connectivity index (χ4v) is 6.14. The number of hydrogen-bond donors (Lipinski definition) is 3. The van der Waals surface area contributed by atoms with Crippen LogP contribution >= 0.6 is 42.5 Å². The Bertz CT molecular complexity index is 505. The van der Waals surface area contributed by atoms with Crippen molar-refractivity contribution in [3.8, 4) is 5.75 Å². The van der Waals surface area contributed by atoms with Gasteiger partial charge in [0.1, 0.15) is 8.51 Å². The van der Waals surface area contributed by atoms with Crippen molar-refractivity contribution in [3.05, 3.63) is 30.3 Å². The van der Waals surface area contributed by atoms with Gasteiger partial charge in [0.15, 0.2) is 5.75 Å². The van der Waals surface area contributed by atoms with Gasteiger partial charge in [0.25, 0.3) is 0 Å². The van der Waals surface area contributed by atoms with Gasteiger partial charge < -0.3 is 18.4 Å². The highest BCUT2D eigenvalue weighted by molar-refractivity contribution is 7.44. The fraction of sp³-hybridized carbons (Fsp3) is 0. The molecule has 17 heavy (non-hydrogen) atoms. The fourth-order valence-electron chi connectivity index (χ4n) is 0.943. The molecule has 0 bridgehead atoms. The molecular formula is C6H12N5OP5. The zero-order valence-electron chi connectivity index (χ0n) is 8.64. The molecule has 0 fully saturated rings. The molecule has 4 atom stereocenters. The van der Waals surface area contributed by atoms with E-state index in [9.17, 15) is 0 Å². The Morgan fingerprint density at radius 2 is 2.00 bits per heavy atom. The van der Waals surface area contributed by atoms with Crippen LogP contribution in [0.3, 0.4) is 0 Å². The summed E-state index contributed by atoms with van der Waals surface area (Å²) < 4.78 is 15.8. The molecular weight excluding hydrogens is 313 g/mol. The lowest BCUT2D eigenvalue weighted by atomic mass is 10.3. The predicted octanol–water partition coefficient (Wildman–Crippen LogP) is 3.79. The smallest absolute Gasteiger partial charge is 0.156 e. The Morgan fingerprint density at radius 3 is 2.88 bits per heavy atom. The summed E-state index contributed by atoms with van der Waals surface area (Å²) in [4.78, 5) is 5.76. The number of aromatic nitrogens is 5. The molecule has 3 N–H and O–H groups in total. The minimum Gasteiger partial charge on any atom is -0.367 e. The molecule has 4 unspecified atom stereocenters. The molecule has 2 rings (SSSR count). The van der Waals surface area contributed by atoms with Gasteiger partial charge in [-0.05, 0) is 12.1 Å². The Kier molecular flexibility index (Phi) is 5.93.